The molecule has 1 rings (SSSR count). The van der Waals surface area contributed by atoms with Gasteiger partial charge in [-0.3, -0.25) is 0 Å². The molecule has 0 saturated carbocycles. The van der Waals surface area contributed by atoms with Crippen molar-refractivity contribution in [3.05, 3.63) is 34.9 Å². The highest BCUT2D eigenvalue weighted by atomic mass is 16.4. The zero-order valence-electron chi connectivity index (χ0n) is 7.74. The van der Waals surface area contributed by atoms with Crippen LogP contribution in [0.1, 0.15) is 21.5 Å². The van der Waals surface area contributed by atoms with Gasteiger partial charge in [-0.05, 0) is 18.6 Å². The van der Waals surface area contributed by atoms with Crippen LogP contribution in [0.2, 0.25) is 0 Å². The van der Waals surface area contributed by atoms with Crippen molar-refractivity contribution in [2.24, 2.45) is 0 Å². The molecule has 1 aromatic rings. The molecule has 1 aromatic carbocycles. The van der Waals surface area contributed by atoms with Gasteiger partial charge in [-0.1, -0.05) is 24.0 Å². The minimum absolute atomic E-state index is 0.172. The van der Waals surface area contributed by atoms with Gasteiger partial charge in [-0.15, -0.1) is 0 Å². The van der Waals surface area contributed by atoms with E-state index < -0.39 is 5.97 Å². The van der Waals surface area contributed by atoms with Crippen molar-refractivity contribution in [1.29, 1.82) is 0 Å². The van der Waals surface area contributed by atoms with Crippen molar-refractivity contribution in [2.45, 2.75) is 6.92 Å². The predicted molar refractivity (Wildman–Crippen MR) is 52.1 cm³/mol. The summed E-state index contributed by atoms with van der Waals surface area (Å²) in [6.07, 6.45) is 0. The Bertz CT molecular complexity index is 410. The zero-order chi connectivity index (χ0) is 10.6. The first-order valence-electron chi connectivity index (χ1n) is 4.09. The average molecular weight is 190 g/mol. The van der Waals surface area contributed by atoms with Crippen molar-refractivity contribution in [2.75, 3.05) is 6.61 Å². The Labute approximate surface area is 82.0 Å². The van der Waals surface area contributed by atoms with Gasteiger partial charge in [-0.25, -0.2) is 4.79 Å². The molecule has 14 heavy (non-hydrogen) atoms. The van der Waals surface area contributed by atoms with E-state index in [-0.39, 0.29) is 12.2 Å². The number of aryl methyl sites for hydroxylation is 1. The highest BCUT2D eigenvalue weighted by molar-refractivity contribution is 5.91. The number of carbonyl (C=O) groups is 1. The molecule has 0 aliphatic carbocycles. The highest BCUT2D eigenvalue weighted by Gasteiger charge is 2.09. The molecule has 0 saturated heterocycles. The third kappa shape index (κ3) is 2.12. The molecule has 3 heteroatoms. The Kier molecular flexibility index (Phi) is 3.27. The Morgan fingerprint density at radius 1 is 1.50 bits per heavy atom. The summed E-state index contributed by atoms with van der Waals surface area (Å²) in [4.78, 5) is 10.8. The predicted octanol–water partition coefficient (Wildman–Crippen LogP) is 1.04. The highest BCUT2D eigenvalue weighted by Crippen LogP contribution is 2.12. The number of benzene rings is 1. The van der Waals surface area contributed by atoms with Crippen molar-refractivity contribution in [3.8, 4) is 11.8 Å². The van der Waals surface area contributed by atoms with Crippen LogP contribution in [0.25, 0.3) is 0 Å². The molecule has 0 spiro atoms. The lowest BCUT2D eigenvalue weighted by Crippen LogP contribution is -2.01. The molecule has 0 unspecified atom stereocenters. The summed E-state index contributed by atoms with van der Waals surface area (Å²) in [7, 11) is 0. The van der Waals surface area contributed by atoms with Gasteiger partial charge >= 0.3 is 5.97 Å². The van der Waals surface area contributed by atoms with Gasteiger partial charge in [0.15, 0.2) is 0 Å². The average Bonchev–Trinajstić information content (AvgIpc) is 2.15. The van der Waals surface area contributed by atoms with Crippen LogP contribution in [-0.4, -0.2) is 22.8 Å². The number of hydrogen-bond donors (Lipinski definition) is 2. The van der Waals surface area contributed by atoms with Crippen molar-refractivity contribution in [1.82, 2.24) is 0 Å². The largest absolute Gasteiger partial charge is 0.478 e. The molecule has 0 heterocycles. The first-order valence-corrected chi connectivity index (χ1v) is 4.09. The van der Waals surface area contributed by atoms with Crippen LogP contribution < -0.4 is 0 Å². The molecule has 3 nitrogen and oxygen atoms in total. The smallest absolute Gasteiger partial charge is 0.336 e. The number of carboxylic acids is 1. The van der Waals surface area contributed by atoms with Gasteiger partial charge in [0.2, 0.25) is 0 Å². The van der Waals surface area contributed by atoms with Crippen molar-refractivity contribution in [3.63, 3.8) is 0 Å². The topological polar surface area (TPSA) is 57.5 Å². The van der Waals surface area contributed by atoms with Crippen LogP contribution in [0.5, 0.6) is 0 Å². The number of hydrogen-bond acceptors (Lipinski definition) is 2. The standard InChI is InChI=1S/C11H10O3/c1-8-4-2-5-10(11(13)14)9(8)6-3-7-12/h2,4-5,12H,7H2,1H3,(H,13,14). The Morgan fingerprint density at radius 3 is 2.79 bits per heavy atom. The van der Waals surface area contributed by atoms with Crippen LogP contribution >= 0.6 is 0 Å². The number of rotatable bonds is 1. The number of aliphatic hydroxyl groups excluding tert-OH is 1. The fraction of sp³-hybridized carbons (Fsp3) is 0.182. The molecule has 0 aliphatic heterocycles. The van der Waals surface area contributed by atoms with Crippen LogP contribution in [-0.2, 0) is 0 Å². The van der Waals surface area contributed by atoms with Gasteiger partial charge in [-0.2, -0.15) is 0 Å². The van der Waals surface area contributed by atoms with Crippen LogP contribution in [0.15, 0.2) is 18.2 Å². The normalized spacial score (nSPS) is 9.00. The summed E-state index contributed by atoms with van der Waals surface area (Å²) in [6.45, 7) is 1.52. The van der Waals surface area contributed by atoms with E-state index in [1.54, 1.807) is 19.1 Å². The lowest BCUT2D eigenvalue weighted by Gasteiger charge is -2.01. The van der Waals surface area contributed by atoms with E-state index in [1.165, 1.54) is 6.07 Å². The molecule has 0 aromatic heterocycles. The molecule has 0 radical (unpaired) electrons. The minimum atomic E-state index is -1.00. The van der Waals surface area contributed by atoms with Gasteiger partial charge < -0.3 is 10.2 Å². The molecular weight excluding hydrogens is 180 g/mol. The first-order chi connectivity index (χ1) is 6.66. The third-order valence-corrected chi connectivity index (χ3v) is 1.80. The van der Waals surface area contributed by atoms with Crippen LogP contribution in [0, 0.1) is 18.8 Å². The quantitative estimate of drug-likeness (QED) is 0.650. The van der Waals surface area contributed by atoms with Gasteiger partial charge in [0.1, 0.15) is 6.61 Å². The van der Waals surface area contributed by atoms with E-state index in [0.29, 0.717) is 5.56 Å². The molecule has 0 bridgehead atoms. The molecule has 0 aliphatic rings. The van der Waals surface area contributed by atoms with Gasteiger partial charge in [0.05, 0.1) is 5.56 Å². The second-order valence-corrected chi connectivity index (χ2v) is 2.76. The molecule has 0 atom stereocenters. The molecule has 2 N–H and O–H groups in total. The summed E-state index contributed by atoms with van der Waals surface area (Å²) in [5.41, 5.74) is 1.44. The summed E-state index contributed by atoms with van der Waals surface area (Å²) in [5.74, 6) is 4.07. The Balaban J connectivity index is 3.29. The second kappa shape index (κ2) is 4.45. The maximum atomic E-state index is 10.8. The lowest BCUT2D eigenvalue weighted by atomic mass is 10.0. The summed E-state index contributed by atoms with van der Waals surface area (Å²) in [6, 6.07) is 4.95. The van der Waals surface area contributed by atoms with E-state index in [0.717, 1.165) is 5.56 Å². The van der Waals surface area contributed by atoms with Crippen LogP contribution in [0.3, 0.4) is 0 Å². The number of aromatic carboxylic acids is 1. The van der Waals surface area contributed by atoms with Crippen LogP contribution in [0.4, 0.5) is 0 Å². The van der Waals surface area contributed by atoms with E-state index in [9.17, 15) is 4.79 Å². The fourth-order valence-corrected chi connectivity index (χ4v) is 1.14. The van der Waals surface area contributed by atoms with Crippen molar-refractivity contribution >= 4 is 5.97 Å². The fourth-order valence-electron chi connectivity index (χ4n) is 1.14. The van der Waals surface area contributed by atoms with Gasteiger partial charge in [0.25, 0.3) is 0 Å². The molecule has 0 amide bonds. The van der Waals surface area contributed by atoms with Crippen molar-refractivity contribution < 1.29 is 15.0 Å². The Hall–Kier alpha value is -1.79. The first kappa shape index (κ1) is 10.3. The second-order valence-electron chi connectivity index (χ2n) is 2.76. The SMILES string of the molecule is Cc1cccc(C(=O)O)c1C#CCO. The Morgan fingerprint density at radius 2 is 2.21 bits per heavy atom. The molecular formula is C11H10O3. The molecule has 72 valence electrons. The van der Waals surface area contributed by atoms with E-state index in [1.807, 2.05) is 0 Å². The van der Waals surface area contributed by atoms with E-state index in [4.69, 9.17) is 10.2 Å². The van der Waals surface area contributed by atoms with E-state index in [2.05, 4.69) is 11.8 Å². The maximum Gasteiger partial charge on any atom is 0.336 e. The lowest BCUT2D eigenvalue weighted by molar-refractivity contribution is 0.0696. The summed E-state index contributed by atoms with van der Waals surface area (Å²) >= 11 is 0. The number of carboxylic acid groups (broad SMARTS) is 1. The monoisotopic (exact) mass is 190 g/mol. The minimum Gasteiger partial charge on any atom is -0.478 e. The zero-order valence-corrected chi connectivity index (χ0v) is 7.74. The van der Waals surface area contributed by atoms with E-state index >= 15 is 0 Å². The van der Waals surface area contributed by atoms with Gasteiger partial charge in [0, 0.05) is 5.56 Å². The molecule has 0 fully saturated rings. The third-order valence-electron chi connectivity index (χ3n) is 1.80. The summed E-state index contributed by atoms with van der Waals surface area (Å²) < 4.78 is 0. The summed E-state index contributed by atoms with van der Waals surface area (Å²) in [5, 5.41) is 17.4. The maximum absolute atomic E-state index is 10.8. The number of aliphatic hydroxyl groups is 1.